The third kappa shape index (κ3) is 3.62. The third-order valence-corrected chi connectivity index (χ3v) is 4.95. The Morgan fingerprint density at radius 2 is 2.35 bits per heavy atom. The van der Waals surface area contributed by atoms with E-state index in [1.165, 1.54) is 30.6 Å². The summed E-state index contributed by atoms with van der Waals surface area (Å²) in [6.07, 6.45) is 4.21. The van der Waals surface area contributed by atoms with E-state index in [1.54, 1.807) is 0 Å². The zero-order valence-electron chi connectivity index (χ0n) is 12.0. The smallest absolute Gasteiger partial charge is 0.261 e. The first kappa shape index (κ1) is 15.1. The predicted molar refractivity (Wildman–Crippen MR) is 81.9 cm³/mol. The first-order valence-electron chi connectivity index (χ1n) is 7.13. The van der Waals surface area contributed by atoms with Gasteiger partial charge in [-0.3, -0.25) is 4.79 Å². The zero-order valence-corrected chi connectivity index (χ0v) is 12.8. The van der Waals surface area contributed by atoms with Crippen LogP contribution in [-0.2, 0) is 0 Å². The molecular weight excluding hydrogens is 270 g/mol. The second kappa shape index (κ2) is 6.92. The van der Waals surface area contributed by atoms with Crippen LogP contribution < -0.4 is 5.32 Å². The molecule has 1 aromatic heterocycles. The first-order valence-corrected chi connectivity index (χ1v) is 7.94. The van der Waals surface area contributed by atoms with Crippen LogP contribution in [0.3, 0.4) is 0 Å². The van der Waals surface area contributed by atoms with Gasteiger partial charge in [-0.25, -0.2) is 0 Å². The summed E-state index contributed by atoms with van der Waals surface area (Å²) in [5.74, 6) is 6.57. The molecule has 1 heterocycles. The van der Waals surface area contributed by atoms with Crippen molar-refractivity contribution in [2.24, 2.45) is 5.92 Å². The van der Waals surface area contributed by atoms with Crippen molar-refractivity contribution < 1.29 is 9.90 Å². The summed E-state index contributed by atoms with van der Waals surface area (Å²) in [7, 11) is 0. The number of aliphatic hydroxyl groups is 1. The van der Waals surface area contributed by atoms with E-state index >= 15 is 0 Å². The zero-order chi connectivity index (χ0) is 14.5. The van der Waals surface area contributed by atoms with Crippen molar-refractivity contribution >= 4 is 17.2 Å². The van der Waals surface area contributed by atoms with Crippen LogP contribution in [0.1, 0.15) is 52.7 Å². The molecule has 1 fully saturated rings. The minimum absolute atomic E-state index is 0.00714. The highest BCUT2D eigenvalue weighted by Gasteiger charge is 2.25. The molecule has 0 saturated heterocycles. The molecule has 1 amide bonds. The number of amides is 1. The van der Waals surface area contributed by atoms with Gasteiger partial charge >= 0.3 is 0 Å². The largest absolute Gasteiger partial charge is 0.395 e. The standard InChI is InChI=1S/C16H21NO2S/c1-11-10-15(20-14(11)8-3-4-9-18)16(19)17-12(2)13-6-5-7-13/h10,12-13,18H,4-7,9H2,1-2H3,(H,17,19). The minimum Gasteiger partial charge on any atom is -0.395 e. The average molecular weight is 291 g/mol. The van der Waals surface area contributed by atoms with E-state index in [0.717, 1.165) is 15.3 Å². The fourth-order valence-corrected chi connectivity index (χ4v) is 3.20. The van der Waals surface area contributed by atoms with E-state index in [2.05, 4.69) is 24.1 Å². The second-order valence-corrected chi connectivity index (χ2v) is 6.40. The van der Waals surface area contributed by atoms with Gasteiger partial charge in [0.15, 0.2) is 0 Å². The van der Waals surface area contributed by atoms with Gasteiger partial charge in [0, 0.05) is 12.5 Å². The Morgan fingerprint density at radius 3 is 2.95 bits per heavy atom. The van der Waals surface area contributed by atoms with E-state index in [4.69, 9.17) is 5.11 Å². The van der Waals surface area contributed by atoms with Crippen molar-refractivity contribution in [3.8, 4) is 11.8 Å². The molecule has 0 bridgehead atoms. The van der Waals surface area contributed by atoms with E-state index in [-0.39, 0.29) is 18.6 Å². The monoisotopic (exact) mass is 291 g/mol. The van der Waals surface area contributed by atoms with Crippen LogP contribution in [0.5, 0.6) is 0 Å². The Hall–Kier alpha value is -1.31. The Bertz CT molecular complexity index is 534. The van der Waals surface area contributed by atoms with E-state index in [0.29, 0.717) is 12.3 Å². The summed E-state index contributed by atoms with van der Waals surface area (Å²) in [5.41, 5.74) is 1.03. The van der Waals surface area contributed by atoms with Crippen LogP contribution in [0.4, 0.5) is 0 Å². The van der Waals surface area contributed by atoms with Crippen molar-refractivity contribution in [3.63, 3.8) is 0 Å². The summed E-state index contributed by atoms with van der Waals surface area (Å²) < 4.78 is 0. The molecule has 20 heavy (non-hydrogen) atoms. The van der Waals surface area contributed by atoms with Crippen LogP contribution in [0.25, 0.3) is 0 Å². The fraction of sp³-hybridized carbons (Fsp3) is 0.562. The summed E-state index contributed by atoms with van der Waals surface area (Å²) in [6.45, 7) is 4.12. The van der Waals surface area contributed by atoms with E-state index in [9.17, 15) is 4.79 Å². The Kier molecular flexibility index (Phi) is 5.22. The van der Waals surface area contributed by atoms with E-state index < -0.39 is 0 Å². The molecule has 0 spiro atoms. The maximum Gasteiger partial charge on any atom is 0.261 e. The third-order valence-electron chi connectivity index (χ3n) is 3.80. The van der Waals surface area contributed by atoms with Crippen LogP contribution in [-0.4, -0.2) is 23.7 Å². The maximum atomic E-state index is 12.2. The van der Waals surface area contributed by atoms with Gasteiger partial charge in [0.25, 0.3) is 5.91 Å². The molecule has 1 atom stereocenters. The molecule has 1 aromatic rings. The van der Waals surface area contributed by atoms with Gasteiger partial charge in [-0.05, 0) is 44.2 Å². The normalized spacial score (nSPS) is 15.9. The van der Waals surface area contributed by atoms with Crippen molar-refractivity contribution in [2.75, 3.05) is 6.61 Å². The summed E-state index contributed by atoms with van der Waals surface area (Å²) in [6, 6.07) is 2.15. The van der Waals surface area contributed by atoms with Gasteiger partial charge in [0.1, 0.15) is 0 Å². The lowest BCUT2D eigenvalue weighted by molar-refractivity contribution is 0.0913. The number of nitrogens with one attached hydrogen (secondary N) is 1. The van der Waals surface area contributed by atoms with Crippen molar-refractivity contribution in [1.29, 1.82) is 0 Å². The summed E-state index contributed by atoms with van der Waals surface area (Å²) in [5, 5.41) is 11.8. The highest BCUT2D eigenvalue weighted by molar-refractivity contribution is 7.14. The van der Waals surface area contributed by atoms with Gasteiger partial charge in [-0.1, -0.05) is 18.3 Å². The summed E-state index contributed by atoms with van der Waals surface area (Å²) >= 11 is 1.43. The van der Waals surface area contributed by atoms with Gasteiger partial charge < -0.3 is 10.4 Å². The van der Waals surface area contributed by atoms with Crippen LogP contribution in [0, 0.1) is 24.7 Å². The number of hydrogen-bond donors (Lipinski definition) is 2. The minimum atomic E-state index is 0.00714. The predicted octanol–water partition coefficient (Wildman–Crippen LogP) is 2.71. The molecule has 2 N–H and O–H groups in total. The molecule has 108 valence electrons. The molecule has 1 aliphatic rings. The molecule has 3 nitrogen and oxygen atoms in total. The quantitative estimate of drug-likeness (QED) is 0.838. The molecule has 1 aliphatic carbocycles. The van der Waals surface area contributed by atoms with Gasteiger partial charge in [0.2, 0.25) is 0 Å². The van der Waals surface area contributed by atoms with Crippen LogP contribution in [0.15, 0.2) is 6.07 Å². The van der Waals surface area contributed by atoms with Crippen LogP contribution in [0.2, 0.25) is 0 Å². The van der Waals surface area contributed by atoms with Crippen LogP contribution >= 0.6 is 11.3 Å². The molecule has 1 saturated carbocycles. The van der Waals surface area contributed by atoms with Gasteiger partial charge in [-0.2, -0.15) is 0 Å². The number of aryl methyl sites for hydroxylation is 1. The lowest BCUT2D eigenvalue weighted by Gasteiger charge is -2.31. The number of thiophene rings is 1. The molecule has 0 aromatic carbocycles. The maximum absolute atomic E-state index is 12.2. The lowest BCUT2D eigenvalue weighted by atomic mass is 9.80. The number of aliphatic hydroxyl groups excluding tert-OH is 1. The molecule has 0 radical (unpaired) electrons. The number of carbonyl (C=O) groups is 1. The topological polar surface area (TPSA) is 49.3 Å². The van der Waals surface area contributed by atoms with Gasteiger partial charge in [-0.15, -0.1) is 11.3 Å². The van der Waals surface area contributed by atoms with Crippen molar-refractivity contribution in [1.82, 2.24) is 5.32 Å². The number of rotatable bonds is 4. The SMILES string of the molecule is Cc1cc(C(=O)NC(C)C2CCC2)sc1C#CCCO. The average Bonchev–Trinajstić information content (AvgIpc) is 2.69. The van der Waals surface area contributed by atoms with E-state index in [1.807, 2.05) is 13.0 Å². The molecule has 4 heteroatoms. The summed E-state index contributed by atoms with van der Waals surface area (Å²) in [4.78, 5) is 13.8. The fourth-order valence-electron chi connectivity index (χ4n) is 2.25. The highest BCUT2D eigenvalue weighted by atomic mass is 32.1. The Balaban J connectivity index is 1.99. The number of carbonyl (C=O) groups excluding carboxylic acids is 1. The molecule has 0 aliphatic heterocycles. The number of hydrogen-bond acceptors (Lipinski definition) is 3. The van der Waals surface area contributed by atoms with Crippen molar-refractivity contribution in [3.05, 3.63) is 21.4 Å². The first-order chi connectivity index (χ1) is 9.61. The highest BCUT2D eigenvalue weighted by Crippen LogP contribution is 2.29. The van der Waals surface area contributed by atoms with Gasteiger partial charge in [0.05, 0.1) is 16.4 Å². The Labute approximate surface area is 124 Å². The lowest BCUT2D eigenvalue weighted by Crippen LogP contribution is -2.40. The molecule has 1 unspecified atom stereocenters. The molecule has 2 rings (SSSR count). The Morgan fingerprint density at radius 1 is 1.60 bits per heavy atom. The van der Waals surface area contributed by atoms with Crippen molar-refractivity contribution in [2.45, 2.75) is 45.6 Å². The molecular formula is C16H21NO2S. The second-order valence-electron chi connectivity index (χ2n) is 5.35.